The van der Waals surface area contributed by atoms with Gasteiger partial charge in [0.05, 0.1) is 37.2 Å². The first-order chi connectivity index (χ1) is 31.3. The van der Waals surface area contributed by atoms with Crippen molar-refractivity contribution in [3.8, 4) is 56.7 Å². The zero-order valence-electron chi connectivity index (χ0n) is 33.9. The molecule has 0 spiro atoms. The molecule has 0 fully saturated rings. The van der Waals surface area contributed by atoms with E-state index in [2.05, 4.69) is 197 Å². The average Bonchev–Trinajstić information content (AvgIpc) is 4.03. The molecule has 0 radical (unpaired) electrons. The number of hydrogen-bond acceptors (Lipinski definition) is 4. The summed E-state index contributed by atoms with van der Waals surface area (Å²) in [5.41, 5.74) is 12.0. The van der Waals surface area contributed by atoms with Crippen LogP contribution in [0.2, 0.25) is 0 Å². The number of aromatic nitrogens is 5. The minimum Gasteiger partial charge on any atom is -0.308 e. The van der Waals surface area contributed by atoms with Crippen LogP contribution < -0.4 is 0 Å². The molecule has 13 aromatic rings. The lowest BCUT2D eigenvalue weighted by atomic mass is 10.0. The van der Waals surface area contributed by atoms with Crippen molar-refractivity contribution in [1.82, 2.24) is 24.1 Å². The first kappa shape index (κ1) is 35.6. The standard InChI is InChI=1S/C57H35N5S/c1-4-17-36(18-5-1)38-21-14-22-39(35-38)56-58-55(37-19-6-2-7-20-37)59-57(60-56)46-28-16-31-49-51(46)45-34-33-44-43-27-15-32-50(53(43)63-54(44)52(45)61(49)40-23-8-3-9-24-40)62-47-29-12-10-25-41(47)42-26-11-13-30-48(42)62/h1-35H. The normalized spacial score (nSPS) is 11.8. The van der Waals surface area contributed by atoms with Gasteiger partial charge in [-0.25, -0.2) is 15.0 Å². The maximum atomic E-state index is 5.33. The Balaban J connectivity index is 1.09. The Bertz CT molecular complexity index is 3850. The highest BCUT2D eigenvalue weighted by atomic mass is 32.1. The van der Waals surface area contributed by atoms with Gasteiger partial charge >= 0.3 is 0 Å². The predicted octanol–water partition coefficient (Wildman–Crippen LogP) is 15.1. The topological polar surface area (TPSA) is 48.5 Å². The van der Waals surface area contributed by atoms with E-state index in [0.717, 1.165) is 49.8 Å². The Morgan fingerprint density at radius 1 is 0.333 bits per heavy atom. The highest BCUT2D eigenvalue weighted by molar-refractivity contribution is 7.27. The van der Waals surface area contributed by atoms with E-state index in [4.69, 9.17) is 15.0 Å². The van der Waals surface area contributed by atoms with Crippen molar-refractivity contribution in [3.63, 3.8) is 0 Å². The summed E-state index contributed by atoms with van der Waals surface area (Å²) in [6.45, 7) is 0. The maximum Gasteiger partial charge on any atom is 0.164 e. The summed E-state index contributed by atoms with van der Waals surface area (Å²) in [5.74, 6) is 1.89. The van der Waals surface area contributed by atoms with Crippen LogP contribution in [0.3, 0.4) is 0 Å². The van der Waals surface area contributed by atoms with E-state index >= 15 is 0 Å². The fourth-order valence-corrected chi connectivity index (χ4v) is 10.9. The Kier molecular flexibility index (Phi) is 8.01. The van der Waals surface area contributed by atoms with Crippen LogP contribution in [0.4, 0.5) is 0 Å². The van der Waals surface area contributed by atoms with E-state index in [0.29, 0.717) is 17.5 Å². The number of hydrogen-bond donors (Lipinski definition) is 0. The summed E-state index contributed by atoms with van der Waals surface area (Å²) in [7, 11) is 0. The number of thiophene rings is 1. The molecule has 13 rings (SSSR count). The molecule has 0 aliphatic rings. The number of para-hydroxylation sites is 3. The van der Waals surface area contributed by atoms with Gasteiger partial charge in [0.1, 0.15) is 0 Å². The van der Waals surface area contributed by atoms with E-state index in [9.17, 15) is 0 Å². The Hall–Kier alpha value is -8.19. The molecule has 0 amide bonds. The molecule has 0 aliphatic heterocycles. The summed E-state index contributed by atoms with van der Waals surface area (Å²) in [6.07, 6.45) is 0. The third-order valence-electron chi connectivity index (χ3n) is 12.4. The Labute approximate surface area is 366 Å². The van der Waals surface area contributed by atoms with Crippen molar-refractivity contribution in [2.24, 2.45) is 0 Å². The van der Waals surface area contributed by atoms with Gasteiger partial charge in [-0.15, -0.1) is 11.3 Å². The summed E-state index contributed by atoms with van der Waals surface area (Å²) >= 11 is 1.87. The minimum absolute atomic E-state index is 0.630. The molecule has 4 heterocycles. The Morgan fingerprint density at radius 3 is 1.60 bits per heavy atom. The second kappa shape index (κ2) is 14.2. The zero-order chi connectivity index (χ0) is 41.4. The lowest BCUT2D eigenvalue weighted by Crippen LogP contribution is -2.00. The molecule has 4 aromatic heterocycles. The van der Waals surface area contributed by atoms with Crippen LogP contribution in [0.25, 0.3) is 120 Å². The summed E-state index contributed by atoms with van der Waals surface area (Å²) in [5, 5.41) is 7.24. The minimum atomic E-state index is 0.630. The van der Waals surface area contributed by atoms with Crippen molar-refractivity contribution in [1.29, 1.82) is 0 Å². The van der Waals surface area contributed by atoms with Gasteiger partial charge in [0.15, 0.2) is 17.5 Å². The molecular weight excluding hydrogens is 787 g/mol. The number of rotatable bonds is 6. The van der Waals surface area contributed by atoms with Crippen molar-refractivity contribution in [2.75, 3.05) is 0 Å². The van der Waals surface area contributed by atoms with Crippen LogP contribution in [0, 0.1) is 0 Å². The first-order valence-corrected chi connectivity index (χ1v) is 22.0. The van der Waals surface area contributed by atoms with Crippen LogP contribution in [-0.2, 0) is 0 Å². The van der Waals surface area contributed by atoms with Gasteiger partial charge in [0.2, 0.25) is 0 Å². The third kappa shape index (κ3) is 5.59. The summed E-state index contributed by atoms with van der Waals surface area (Å²) in [4.78, 5) is 15.7. The molecule has 6 heteroatoms. The van der Waals surface area contributed by atoms with E-state index in [-0.39, 0.29) is 0 Å². The largest absolute Gasteiger partial charge is 0.308 e. The fourth-order valence-electron chi connectivity index (χ4n) is 9.59. The van der Waals surface area contributed by atoms with Gasteiger partial charge in [-0.2, -0.15) is 0 Å². The molecule has 0 saturated heterocycles. The quantitative estimate of drug-likeness (QED) is 0.168. The number of fused-ring (bicyclic) bond motifs is 10. The van der Waals surface area contributed by atoms with Crippen molar-refractivity contribution in [2.45, 2.75) is 0 Å². The van der Waals surface area contributed by atoms with Gasteiger partial charge in [0.25, 0.3) is 0 Å². The molecule has 0 N–H and O–H groups in total. The fraction of sp³-hybridized carbons (Fsp3) is 0. The SMILES string of the molecule is c1ccc(-c2cccc(-c3nc(-c4ccccc4)nc(-c4cccc5c4c4ccc6c7cccc(-n8c9ccccc9c9ccccc98)c7sc6c4n5-c4ccccc4)n3)c2)cc1. The summed E-state index contributed by atoms with van der Waals surface area (Å²) < 4.78 is 7.38. The monoisotopic (exact) mass is 821 g/mol. The first-order valence-electron chi connectivity index (χ1n) is 21.2. The molecule has 0 aliphatic carbocycles. The van der Waals surface area contributed by atoms with Gasteiger partial charge in [-0.05, 0) is 53.6 Å². The zero-order valence-corrected chi connectivity index (χ0v) is 34.7. The lowest BCUT2D eigenvalue weighted by Gasteiger charge is -2.11. The highest BCUT2D eigenvalue weighted by Gasteiger charge is 2.24. The molecule has 0 bridgehead atoms. The van der Waals surface area contributed by atoms with Crippen molar-refractivity contribution < 1.29 is 0 Å². The summed E-state index contributed by atoms with van der Waals surface area (Å²) in [6, 6.07) is 75.3. The molecule has 5 nitrogen and oxygen atoms in total. The van der Waals surface area contributed by atoms with Crippen LogP contribution in [0.15, 0.2) is 212 Å². The van der Waals surface area contributed by atoms with Crippen LogP contribution >= 0.6 is 11.3 Å². The maximum absolute atomic E-state index is 5.33. The Morgan fingerprint density at radius 2 is 0.857 bits per heavy atom. The van der Waals surface area contributed by atoms with Crippen LogP contribution in [0.1, 0.15) is 0 Å². The highest BCUT2D eigenvalue weighted by Crippen LogP contribution is 2.47. The van der Waals surface area contributed by atoms with Crippen LogP contribution in [0.5, 0.6) is 0 Å². The van der Waals surface area contributed by atoms with Crippen molar-refractivity contribution >= 4 is 75.1 Å². The lowest BCUT2D eigenvalue weighted by molar-refractivity contribution is 1.08. The van der Waals surface area contributed by atoms with Gasteiger partial charge in [-0.1, -0.05) is 170 Å². The van der Waals surface area contributed by atoms with Gasteiger partial charge in [0, 0.05) is 54.7 Å². The molecule has 0 atom stereocenters. The average molecular weight is 822 g/mol. The molecule has 9 aromatic carbocycles. The second-order valence-electron chi connectivity index (χ2n) is 16.0. The number of nitrogens with zero attached hydrogens (tertiary/aromatic N) is 5. The third-order valence-corrected chi connectivity index (χ3v) is 13.6. The molecular formula is C57H35N5S. The van der Waals surface area contributed by atoms with Gasteiger partial charge in [-0.3, -0.25) is 0 Å². The molecule has 0 unspecified atom stereocenters. The molecule has 0 saturated carbocycles. The van der Waals surface area contributed by atoms with E-state index in [1.807, 2.05) is 35.6 Å². The smallest absolute Gasteiger partial charge is 0.164 e. The molecule has 294 valence electrons. The van der Waals surface area contributed by atoms with Crippen molar-refractivity contribution in [3.05, 3.63) is 212 Å². The predicted molar refractivity (Wildman–Crippen MR) is 263 cm³/mol. The van der Waals surface area contributed by atoms with E-state index in [1.165, 1.54) is 53.2 Å². The molecule has 63 heavy (non-hydrogen) atoms. The van der Waals surface area contributed by atoms with Crippen LogP contribution in [-0.4, -0.2) is 24.1 Å². The van der Waals surface area contributed by atoms with E-state index in [1.54, 1.807) is 0 Å². The number of benzene rings is 9. The van der Waals surface area contributed by atoms with E-state index < -0.39 is 0 Å². The van der Waals surface area contributed by atoms with Gasteiger partial charge < -0.3 is 9.13 Å². The second-order valence-corrected chi connectivity index (χ2v) is 17.0.